The summed E-state index contributed by atoms with van der Waals surface area (Å²) in [7, 11) is 0. The Morgan fingerprint density at radius 2 is 1.93 bits per heavy atom. The van der Waals surface area contributed by atoms with Gasteiger partial charge in [-0.3, -0.25) is 4.90 Å². The molecule has 2 unspecified atom stereocenters. The Balaban J connectivity index is 2.13. The molecule has 1 aliphatic heterocycles. The summed E-state index contributed by atoms with van der Waals surface area (Å²) in [6.07, 6.45) is 4.39. The number of piperidine rings is 1. The molecular weight excluding hydrogens is 172 g/mol. The highest BCUT2D eigenvalue weighted by Crippen LogP contribution is 2.41. The molecule has 0 aromatic heterocycles. The van der Waals surface area contributed by atoms with Gasteiger partial charge < -0.3 is 0 Å². The Morgan fingerprint density at radius 3 is 2.36 bits per heavy atom. The average Bonchev–Trinajstić information content (AvgIpc) is 2.40. The Hall–Kier alpha value is -0.810. The molecule has 0 radical (unpaired) electrons. The van der Waals surface area contributed by atoms with Crippen molar-refractivity contribution >= 4 is 0 Å². The second kappa shape index (κ2) is 3.74. The van der Waals surface area contributed by atoms with E-state index < -0.39 is 0 Å². The van der Waals surface area contributed by atoms with E-state index in [4.69, 9.17) is 5.26 Å². The molecule has 0 amide bonds. The lowest BCUT2D eigenvalue weighted by Crippen LogP contribution is -2.41. The van der Waals surface area contributed by atoms with Crippen LogP contribution in [0.4, 0.5) is 0 Å². The zero-order valence-electron chi connectivity index (χ0n) is 9.03. The highest BCUT2D eigenvalue weighted by Gasteiger charge is 2.37. The molecule has 0 aromatic rings. The number of allylic oxidation sites excluding steroid dienone is 1. The average molecular weight is 190 g/mol. The van der Waals surface area contributed by atoms with Crippen LogP contribution in [-0.2, 0) is 0 Å². The van der Waals surface area contributed by atoms with Crippen molar-refractivity contribution in [3.63, 3.8) is 0 Å². The van der Waals surface area contributed by atoms with Crippen molar-refractivity contribution in [3.05, 3.63) is 11.6 Å². The molecule has 0 aromatic carbocycles. The normalized spacial score (nSPS) is 32.0. The topological polar surface area (TPSA) is 27.0 Å². The van der Waals surface area contributed by atoms with Crippen molar-refractivity contribution in [1.82, 2.24) is 4.90 Å². The minimum Gasteiger partial charge on any atom is -0.300 e. The quantitative estimate of drug-likeness (QED) is 0.593. The monoisotopic (exact) mass is 190 g/mol. The molecule has 0 N–H and O–H groups in total. The van der Waals surface area contributed by atoms with Gasteiger partial charge in [0.25, 0.3) is 0 Å². The highest BCUT2D eigenvalue weighted by molar-refractivity contribution is 5.25. The first kappa shape index (κ1) is 9.73. The lowest BCUT2D eigenvalue weighted by atomic mass is 9.91. The van der Waals surface area contributed by atoms with E-state index in [1.807, 2.05) is 0 Å². The van der Waals surface area contributed by atoms with E-state index in [2.05, 4.69) is 24.8 Å². The molecule has 1 aliphatic carbocycles. The number of rotatable bonds is 1. The van der Waals surface area contributed by atoms with Crippen LogP contribution >= 0.6 is 0 Å². The molecular formula is C12H18N2. The summed E-state index contributed by atoms with van der Waals surface area (Å²) in [6, 6.07) is 2.86. The predicted octanol–water partition coefficient (Wildman–Crippen LogP) is 2.19. The second-order valence-corrected chi connectivity index (χ2v) is 4.79. The van der Waals surface area contributed by atoms with Crippen LogP contribution in [0.3, 0.4) is 0 Å². The minimum atomic E-state index is 0.654. The lowest BCUT2D eigenvalue weighted by molar-refractivity contribution is 0.168. The summed E-state index contributed by atoms with van der Waals surface area (Å²) in [5, 5.41) is 8.72. The highest BCUT2D eigenvalue weighted by atomic mass is 15.2. The van der Waals surface area contributed by atoms with Crippen molar-refractivity contribution in [1.29, 1.82) is 5.26 Å². The van der Waals surface area contributed by atoms with E-state index in [0.29, 0.717) is 17.9 Å². The van der Waals surface area contributed by atoms with Gasteiger partial charge in [-0.25, -0.2) is 0 Å². The van der Waals surface area contributed by atoms with Gasteiger partial charge in [-0.15, -0.1) is 0 Å². The van der Waals surface area contributed by atoms with Crippen LogP contribution in [0.15, 0.2) is 11.6 Å². The summed E-state index contributed by atoms with van der Waals surface area (Å²) < 4.78 is 0. The smallest absolute Gasteiger partial charge is 0.0911 e. The Morgan fingerprint density at radius 1 is 1.36 bits per heavy atom. The number of hydrogen-bond donors (Lipinski definition) is 0. The fraction of sp³-hybridized carbons (Fsp3) is 0.750. The van der Waals surface area contributed by atoms with Gasteiger partial charge in [0.05, 0.1) is 6.07 Å². The van der Waals surface area contributed by atoms with E-state index in [1.54, 1.807) is 6.08 Å². The van der Waals surface area contributed by atoms with Gasteiger partial charge in [-0.1, -0.05) is 5.57 Å². The molecule has 76 valence electrons. The summed E-state index contributed by atoms with van der Waals surface area (Å²) in [4.78, 5) is 2.55. The van der Waals surface area contributed by atoms with Crippen molar-refractivity contribution in [2.24, 2.45) is 11.8 Å². The first-order valence-electron chi connectivity index (χ1n) is 5.56. The van der Waals surface area contributed by atoms with Crippen LogP contribution in [-0.4, -0.2) is 24.0 Å². The standard InChI is InChI=1S/C12H18N2/c1-9(2)14-7-10-3-4-11(8-14)12(10)5-6-13/h5,9-11H,3-4,7-8H2,1-2H3. The molecule has 2 bridgehead atoms. The molecule has 2 atom stereocenters. The third kappa shape index (κ3) is 1.57. The molecule has 0 spiro atoms. The van der Waals surface area contributed by atoms with E-state index in [9.17, 15) is 0 Å². The molecule has 1 saturated heterocycles. The molecule has 14 heavy (non-hydrogen) atoms. The van der Waals surface area contributed by atoms with E-state index in [0.717, 1.165) is 0 Å². The van der Waals surface area contributed by atoms with E-state index >= 15 is 0 Å². The van der Waals surface area contributed by atoms with Crippen LogP contribution < -0.4 is 0 Å². The van der Waals surface area contributed by atoms with Crippen molar-refractivity contribution < 1.29 is 0 Å². The molecule has 2 aliphatic rings. The van der Waals surface area contributed by atoms with Gasteiger partial charge in [0.2, 0.25) is 0 Å². The maximum absolute atomic E-state index is 8.72. The van der Waals surface area contributed by atoms with Crippen LogP contribution in [0.1, 0.15) is 26.7 Å². The first-order valence-corrected chi connectivity index (χ1v) is 5.56. The van der Waals surface area contributed by atoms with Gasteiger partial charge in [0, 0.05) is 25.2 Å². The third-order valence-electron chi connectivity index (χ3n) is 3.68. The Kier molecular flexibility index (Phi) is 2.60. The van der Waals surface area contributed by atoms with E-state index in [1.165, 1.54) is 31.5 Å². The fourth-order valence-electron chi connectivity index (χ4n) is 2.83. The lowest BCUT2D eigenvalue weighted by Gasteiger charge is -2.36. The number of nitriles is 1. The fourth-order valence-corrected chi connectivity index (χ4v) is 2.83. The van der Waals surface area contributed by atoms with Crippen LogP contribution in [0.5, 0.6) is 0 Å². The van der Waals surface area contributed by atoms with Gasteiger partial charge in [0.1, 0.15) is 0 Å². The largest absolute Gasteiger partial charge is 0.300 e. The van der Waals surface area contributed by atoms with E-state index in [-0.39, 0.29) is 0 Å². The molecule has 2 fully saturated rings. The summed E-state index contributed by atoms with van der Waals surface area (Å²) in [5.74, 6) is 1.35. The molecule has 1 heterocycles. The third-order valence-corrected chi connectivity index (χ3v) is 3.68. The zero-order valence-corrected chi connectivity index (χ0v) is 9.03. The Labute approximate surface area is 86.2 Å². The van der Waals surface area contributed by atoms with Crippen LogP contribution in [0.25, 0.3) is 0 Å². The summed E-state index contributed by atoms with van der Waals surface area (Å²) in [6.45, 7) is 6.86. The SMILES string of the molecule is CC(C)N1CC2CCC(C1)C2=CC#N. The number of nitrogens with zero attached hydrogens (tertiary/aromatic N) is 2. The van der Waals surface area contributed by atoms with Crippen molar-refractivity contribution in [2.45, 2.75) is 32.7 Å². The van der Waals surface area contributed by atoms with Gasteiger partial charge in [-0.2, -0.15) is 5.26 Å². The first-order chi connectivity index (χ1) is 6.72. The number of hydrogen-bond acceptors (Lipinski definition) is 2. The van der Waals surface area contributed by atoms with Crippen LogP contribution in [0.2, 0.25) is 0 Å². The molecule has 2 heteroatoms. The zero-order chi connectivity index (χ0) is 10.1. The van der Waals surface area contributed by atoms with Gasteiger partial charge in [-0.05, 0) is 38.5 Å². The van der Waals surface area contributed by atoms with Crippen molar-refractivity contribution in [2.75, 3.05) is 13.1 Å². The maximum Gasteiger partial charge on any atom is 0.0911 e. The molecule has 1 saturated carbocycles. The predicted molar refractivity (Wildman–Crippen MR) is 56.6 cm³/mol. The second-order valence-electron chi connectivity index (χ2n) is 4.79. The summed E-state index contributed by atoms with van der Waals surface area (Å²) in [5.41, 5.74) is 1.43. The molecule has 2 nitrogen and oxygen atoms in total. The summed E-state index contributed by atoms with van der Waals surface area (Å²) >= 11 is 0. The number of likely N-dealkylation sites (tertiary alicyclic amines) is 1. The van der Waals surface area contributed by atoms with Crippen molar-refractivity contribution in [3.8, 4) is 6.07 Å². The number of fused-ring (bicyclic) bond motifs is 2. The van der Waals surface area contributed by atoms with Gasteiger partial charge in [0.15, 0.2) is 0 Å². The van der Waals surface area contributed by atoms with Gasteiger partial charge >= 0.3 is 0 Å². The van der Waals surface area contributed by atoms with Crippen LogP contribution in [0, 0.1) is 23.2 Å². The Bertz CT molecular complexity index is 269. The maximum atomic E-state index is 8.72. The molecule has 2 rings (SSSR count). The minimum absolute atomic E-state index is 0.654.